The Kier molecular flexibility index (Phi) is 5.24. The van der Waals surface area contributed by atoms with Gasteiger partial charge in [0.15, 0.2) is 0 Å². The minimum atomic E-state index is -0.0655. The number of aromatic nitrogens is 3. The van der Waals surface area contributed by atoms with Crippen LogP contribution in [-0.4, -0.2) is 44.3 Å². The molecule has 1 aromatic carbocycles. The van der Waals surface area contributed by atoms with Gasteiger partial charge in [-0.25, -0.2) is 4.98 Å². The van der Waals surface area contributed by atoms with Crippen molar-refractivity contribution in [2.24, 2.45) is 0 Å². The summed E-state index contributed by atoms with van der Waals surface area (Å²) < 4.78 is 7.19. The second-order valence-electron chi connectivity index (χ2n) is 5.77. The molecule has 0 aliphatic carbocycles. The molecule has 6 nitrogen and oxygen atoms in total. The monoisotopic (exact) mass is 360 g/mol. The molecular weight excluding hydrogens is 336 g/mol. The topological polar surface area (TPSA) is 62.9 Å². The van der Waals surface area contributed by atoms with E-state index >= 15 is 0 Å². The number of aryl methyl sites for hydroxylation is 1. The van der Waals surface area contributed by atoms with Crippen molar-refractivity contribution in [3.63, 3.8) is 0 Å². The lowest BCUT2D eigenvalue weighted by Gasteiger charge is -2.29. The summed E-state index contributed by atoms with van der Waals surface area (Å²) in [6.45, 7) is 10.4. The van der Waals surface area contributed by atoms with Crippen LogP contribution in [0.3, 0.4) is 0 Å². The Hall–Kier alpha value is -2.12. The minimum absolute atomic E-state index is 0.0655. The van der Waals surface area contributed by atoms with E-state index in [9.17, 15) is 5.11 Å². The number of aromatic hydroxyl groups is 1. The van der Waals surface area contributed by atoms with Crippen LogP contribution in [0, 0.1) is 6.92 Å². The standard InChI is InChI=1S/C18H24N4O2S/c1-5-21(6-2)15(13-9-8-10-14(11-13)24-7-3)16-17(23)22-18(25-16)19-12(4)20-22/h8-11,15,23H,5-7H2,1-4H3. The Morgan fingerprint density at radius 3 is 2.68 bits per heavy atom. The first kappa shape index (κ1) is 17.7. The van der Waals surface area contributed by atoms with Crippen molar-refractivity contribution in [1.29, 1.82) is 0 Å². The van der Waals surface area contributed by atoms with E-state index in [2.05, 4.69) is 34.9 Å². The number of ether oxygens (including phenoxy) is 1. The predicted octanol–water partition coefficient (Wildman–Crippen LogP) is 3.63. The zero-order valence-electron chi connectivity index (χ0n) is 15.1. The molecule has 0 radical (unpaired) electrons. The summed E-state index contributed by atoms with van der Waals surface area (Å²) in [5, 5.41) is 15.1. The van der Waals surface area contributed by atoms with Crippen molar-refractivity contribution in [3.05, 3.63) is 40.5 Å². The van der Waals surface area contributed by atoms with Gasteiger partial charge in [-0.1, -0.05) is 37.3 Å². The van der Waals surface area contributed by atoms with Crippen LogP contribution in [0.4, 0.5) is 0 Å². The maximum atomic E-state index is 10.8. The molecule has 1 N–H and O–H groups in total. The zero-order chi connectivity index (χ0) is 18.0. The Morgan fingerprint density at radius 1 is 1.28 bits per heavy atom. The van der Waals surface area contributed by atoms with Gasteiger partial charge in [0.2, 0.25) is 10.8 Å². The molecule has 25 heavy (non-hydrogen) atoms. The van der Waals surface area contributed by atoms with Gasteiger partial charge in [-0.3, -0.25) is 4.90 Å². The van der Waals surface area contributed by atoms with Crippen molar-refractivity contribution >= 4 is 16.3 Å². The molecule has 0 aliphatic heterocycles. The molecule has 7 heteroatoms. The third kappa shape index (κ3) is 3.34. The highest BCUT2D eigenvalue weighted by Gasteiger charge is 2.28. The van der Waals surface area contributed by atoms with E-state index in [1.807, 2.05) is 32.0 Å². The van der Waals surface area contributed by atoms with Gasteiger partial charge in [0.25, 0.3) is 0 Å². The third-order valence-corrected chi connectivity index (χ3v) is 5.29. The highest BCUT2D eigenvalue weighted by atomic mass is 32.1. The normalized spacial score (nSPS) is 12.8. The number of hydrogen-bond donors (Lipinski definition) is 1. The van der Waals surface area contributed by atoms with Crippen LogP contribution in [0.2, 0.25) is 0 Å². The van der Waals surface area contributed by atoms with E-state index in [1.165, 1.54) is 15.9 Å². The van der Waals surface area contributed by atoms with Crippen molar-refractivity contribution in [2.45, 2.75) is 33.7 Å². The maximum absolute atomic E-state index is 10.8. The second-order valence-corrected chi connectivity index (χ2v) is 6.78. The molecule has 1 unspecified atom stereocenters. The van der Waals surface area contributed by atoms with Crippen molar-refractivity contribution in [1.82, 2.24) is 19.5 Å². The Balaban J connectivity index is 2.12. The summed E-state index contributed by atoms with van der Waals surface area (Å²) in [4.78, 5) is 8.27. The number of fused-ring (bicyclic) bond motifs is 1. The quantitative estimate of drug-likeness (QED) is 0.697. The van der Waals surface area contributed by atoms with Crippen LogP contribution < -0.4 is 4.74 Å². The first-order valence-corrected chi connectivity index (χ1v) is 9.42. The van der Waals surface area contributed by atoms with Crippen molar-refractivity contribution in [3.8, 4) is 11.6 Å². The molecule has 0 aliphatic rings. The van der Waals surface area contributed by atoms with Crippen molar-refractivity contribution in [2.75, 3.05) is 19.7 Å². The number of nitrogens with zero attached hydrogens (tertiary/aromatic N) is 4. The van der Waals surface area contributed by atoms with Crippen LogP contribution in [-0.2, 0) is 0 Å². The van der Waals surface area contributed by atoms with Crippen LogP contribution in [0.25, 0.3) is 4.96 Å². The molecule has 1 atom stereocenters. The van der Waals surface area contributed by atoms with E-state index in [4.69, 9.17) is 4.74 Å². The Labute approximate surface area is 151 Å². The summed E-state index contributed by atoms with van der Waals surface area (Å²) in [6, 6.07) is 8.01. The largest absolute Gasteiger partial charge is 0.494 e. The second kappa shape index (κ2) is 7.41. The first-order chi connectivity index (χ1) is 12.1. The molecule has 3 rings (SSSR count). The molecule has 2 aromatic heterocycles. The fourth-order valence-corrected chi connectivity index (χ4v) is 4.25. The Bertz CT molecular complexity index is 854. The summed E-state index contributed by atoms with van der Waals surface area (Å²) >= 11 is 1.48. The van der Waals surface area contributed by atoms with E-state index in [0.717, 1.165) is 29.3 Å². The van der Waals surface area contributed by atoms with Gasteiger partial charge in [0, 0.05) is 0 Å². The first-order valence-electron chi connectivity index (χ1n) is 8.60. The molecule has 0 bridgehead atoms. The van der Waals surface area contributed by atoms with E-state index in [1.54, 1.807) is 0 Å². The zero-order valence-corrected chi connectivity index (χ0v) is 15.9. The highest BCUT2D eigenvalue weighted by Crippen LogP contribution is 2.40. The Morgan fingerprint density at radius 2 is 2.04 bits per heavy atom. The fourth-order valence-electron chi connectivity index (χ4n) is 3.08. The number of rotatable bonds is 7. The van der Waals surface area contributed by atoms with Gasteiger partial charge in [-0.15, -0.1) is 5.10 Å². The van der Waals surface area contributed by atoms with Gasteiger partial charge in [-0.2, -0.15) is 4.52 Å². The molecule has 134 valence electrons. The van der Waals surface area contributed by atoms with Gasteiger partial charge < -0.3 is 9.84 Å². The fraction of sp³-hybridized carbons (Fsp3) is 0.444. The van der Waals surface area contributed by atoms with E-state index in [0.29, 0.717) is 17.4 Å². The van der Waals surface area contributed by atoms with Crippen molar-refractivity contribution < 1.29 is 9.84 Å². The SMILES string of the molecule is CCOc1cccc(C(c2sc3nc(C)nn3c2O)N(CC)CC)c1. The lowest BCUT2D eigenvalue weighted by molar-refractivity contribution is 0.247. The van der Waals surface area contributed by atoms with E-state index in [-0.39, 0.29) is 11.9 Å². The molecule has 0 fully saturated rings. The molecule has 0 saturated heterocycles. The van der Waals surface area contributed by atoms with Gasteiger partial charge in [0.1, 0.15) is 11.6 Å². The highest BCUT2D eigenvalue weighted by molar-refractivity contribution is 7.17. The molecular formula is C18H24N4O2S. The molecule has 3 aromatic rings. The summed E-state index contributed by atoms with van der Waals surface area (Å²) in [5.41, 5.74) is 1.09. The molecule has 0 amide bonds. The average molecular weight is 360 g/mol. The summed E-state index contributed by atoms with van der Waals surface area (Å²) in [6.07, 6.45) is 0. The third-order valence-electron chi connectivity index (χ3n) is 4.22. The summed E-state index contributed by atoms with van der Waals surface area (Å²) in [7, 11) is 0. The van der Waals surface area contributed by atoms with Gasteiger partial charge >= 0.3 is 0 Å². The predicted molar refractivity (Wildman–Crippen MR) is 99.6 cm³/mol. The maximum Gasteiger partial charge on any atom is 0.230 e. The van der Waals surface area contributed by atoms with Crippen LogP contribution in [0.15, 0.2) is 24.3 Å². The summed E-state index contributed by atoms with van der Waals surface area (Å²) in [5.74, 6) is 1.66. The smallest absolute Gasteiger partial charge is 0.230 e. The lowest BCUT2D eigenvalue weighted by atomic mass is 10.0. The lowest BCUT2D eigenvalue weighted by Crippen LogP contribution is -2.29. The molecule has 0 saturated carbocycles. The van der Waals surface area contributed by atoms with Crippen LogP contribution in [0.5, 0.6) is 11.6 Å². The number of thiazole rings is 1. The van der Waals surface area contributed by atoms with Gasteiger partial charge in [-0.05, 0) is 44.6 Å². The van der Waals surface area contributed by atoms with E-state index < -0.39 is 0 Å². The number of hydrogen-bond acceptors (Lipinski definition) is 6. The molecule has 0 spiro atoms. The van der Waals surface area contributed by atoms with Gasteiger partial charge in [0.05, 0.1) is 17.5 Å². The van der Waals surface area contributed by atoms with Crippen LogP contribution >= 0.6 is 11.3 Å². The average Bonchev–Trinajstić information content (AvgIpc) is 3.11. The molecule has 2 heterocycles. The van der Waals surface area contributed by atoms with Crippen LogP contribution in [0.1, 0.15) is 43.1 Å². The number of benzene rings is 1. The minimum Gasteiger partial charge on any atom is -0.494 e.